The third-order valence-electron chi connectivity index (χ3n) is 3.15. The summed E-state index contributed by atoms with van der Waals surface area (Å²) in [5.74, 6) is 1.95. The number of hydrogen-bond donors (Lipinski definition) is 1. The quantitative estimate of drug-likeness (QED) is 0.521. The van der Waals surface area contributed by atoms with Gasteiger partial charge in [0.1, 0.15) is 6.54 Å². The van der Waals surface area contributed by atoms with Gasteiger partial charge in [0.2, 0.25) is 5.91 Å². The van der Waals surface area contributed by atoms with Gasteiger partial charge in [0.25, 0.3) is 0 Å². The highest BCUT2D eigenvalue weighted by atomic mass is 16.5. The molecule has 0 saturated heterocycles. The van der Waals surface area contributed by atoms with E-state index in [2.05, 4.69) is 24.5 Å². The van der Waals surface area contributed by atoms with Crippen LogP contribution in [0.2, 0.25) is 0 Å². The molecule has 1 amide bonds. The van der Waals surface area contributed by atoms with Gasteiger partial charge >= 0.3 is 5.97 Å². The fourth-order valence-electron chi connectivity index (χ4n) is 1.76. The lowest BCUT2D eigenvalue weighted by molar-refractivity contribution is -0.147. The first-order valence-electron chi connectivity index (χ1n) is 6.54. The van der Waals surface area contributed by atoms with Crippen LogP contribution >= 0.6 is 0 Å². The van der Waals surface area contributed by atoms with Crippen LogP contribution in [-0.4, -0.2) is 43.0 Å². The Labute approximate surface area is 115 Å². The van der Waals surface area contributed by atoms with Gasteiger partial charge in [-0.3, -0.25) is 9.59 Å². The zero-order valence-corrected chi connectivity index (χ0v) is 12.0. The summed E-state index contributed by atoms with van der Waals surface area (Å²) in [6.07, 6.45) is 7.19. The van der Waals surface area contributed by atoms with Gasteiger partial charge in [0.15, 0.2) is 0 Å². The lowest BCUT2D eigenvalue weighted by atomic mass is 10.0. The fourth-order valence-corrected chi connectivity index (χ4v) is 1.76. The number of nitrogens with two attached hydrogens (primary N) is 1. The predicted octanol–water partition coefficient (Wildman–Crippen LogP) is 0.775. The lowest BCUT2D eigenvalue weighted by Crippen LogP contribution is -2.47. The molecule has 0 aliphatic heterocycles. The molecular weight excluding hydrogens is 244 g/mol. The summed E-state index contributed by atoms with van der Waals surface area (Å²) >= 11 is 0. The smallest absolute Gasteiger partial charge is 0.325 e. The monoisotopic (exact) mass is 268 g/mol. The van der Waals surface area contributed by atoms with Crippen molar-refractivity contribution in [2.24, 2.45) is 11.7 Å². The van der Waals surface area contributed by atoms with E-state index in [0.29, 0.717) is 12.5 Å². The van der Waals surface area contributed by atoms with E-state index >= 15 is 0 Å². The molecule has 0 heterocycles. The molecule has 0 spiro atoms. The minimum absolute atomic E-state index is 0.0793. The molecule has 0 aromatic heterocycles. The topological polar surface area (TPSA) is 72.6 Å². The molecule has 0 aromatic carbocycles. The van der Waals surface area contributed by atoms with Crippen molar-refractivity contribution in [3.8, 4) is 12.3 Å². The summed E-state index contributed by atoms with van der Waals surface area (Å²) in [5.41, 5.74) is 5.72. The number of carbonyl (C=O) groups excluding carboxylic acids is 2. The third kappa shape index (κ3) is 6.25. The Morgan fingerprint density at radius 1 is 1.37 bits per heavy atom. The molecule has 108 valence electrons. The van der Waals surface area contributed by atoms with Gasteiger partial charge in [-0.15, -0.1) is 12.3 Å². The number of esters is 1. The van der Waals surface area contributed by atoms with Crippen molar-refractivity contribution in [2.75, 3.05) is 20.2 Å². The summed E-state index contributed by atoms with van der Waals surface area (Å²) in [4.78, 5) is 25.0. The van der Waals surface area contributed by atoms with Crippen LogP contribution in [0.15, 0.2) is 0 Å². The van der Waals surface area contributed by atoms with Gasteiger partial charge in [-0.1, -0.05) is 26.7 Å². The van der Waals surface area contributed by atoms with Crippen LogP contribution in [0.4, 0.5) is 0 Å². The Hall–Kier alpha value is -1.54. The SMILES string of the molecule is C#CCC(N)C(=O)N(CC(=O)OC)CC(CC)CC. The Morgan fingerprint density at radius 3 is 2.37 bits per heavy atom. The zero-order chi connectivity index (χ0) is 14.8. The standard InChI is InChI=1S/C14H24N2O3/c1-5-8-12(15)14(18)16(10-13(17)19-4)9-11(6-2)7-3/h1,11-12H,6-10,15H2,2-4H3. The lowest BCUT2D eigenvalue weighted by Gasteiger charge is -2.27. The number of methoxy groups -OCH3 is 1. The average Bonchev–Trinajstić information content (AvgIpc) is 2.42. The van der Waals surface area contributed by atoms with E-state index in [1.807, 2.05) is 0 Å². The van der Waals surface area contributed by atoms with Crippen LogP contribution in [0.3, 0.4) is 0 Å². The van der Waals surface area contributed by atoms with Crippen LogP contribution in [-0.2, 0) is 14.3 Å². The molecule has 0 radical (unpaired) electrons. The molecule has 5 nitrogen and oxygen atoms in total. The molecule has 0 fully saturated rings. The second-order valence-electron chi connectivity index (χ2n) is 4.49. The second kappa shape index (κ2) is 9.40. The number of terminal acetylenes is 1. The van der Waals surface area contributed by atoms with Crippen molar-refractivity contribution < 1.29 is 14.3 Å². The number of hydrogen-bond acceptors (Lipinski definition) is 4. The minimum atomic E-state index is -0.760. The van der Waals surface area contributed by atoms with Gasteiger partial charge in [0.05, 0.1) is 13.2 Å². The van der Waals surface area contributed by atoms with Crippen molar-refractivity contribution in [1.29, 1.82) is 0 Å². The number of ether oxygens (including phenoxy) is 1. The molecule has 0 aliphatic rings. The van der Waals surface area contributed by atoms with E-state index in [0.717, 1.165) is 12.8 Å². The summed E-state index contributed by atoms with van der Waals surface area (Å²) in [5, 5.41) is 0. The summed E-state index contributed by atoms with van der Waals surface area (Å²) in [6, 6.07) is -0.760. The van der Waals surface area contributed by atoms with Gasteiger partial charge in [-0.05, 0) is 5.92 Å². The van der Waals surface area contributed by atoms with E-state index in [9.17, 15) is 9.59 Å². The van der Waals surface area contributed by atoms with Crippen molar-refractivity contribution >= 4 is 11.9 Å². The highest BCUT2D eigenvalue weighted by Crippen LogP contribution is 2.11. The highest BCUT2D eigenvalue weighted by molar-refractivity contribution is 5.85. The van der Waals surface area contributed by atoms with Crippen molar-refractivity contribution in [1.82, 2.24) is 4.90 Å². The van der Waals surface area contributed by atoms with Crippen molar-refractivity contribution in [3.63, 3.8) is 0 Å². The van der Waals surface area contributed by atoms with Crippen LogP contribution in [0, 0.1) is 18.3 Å². The molecule has 0 saturated carbocycles. The fraction of sp³-hybridized carbons (Fsp3) is 0.714. The number of amides is 1. The van der Waals surface area contributed by atoms with Gasteiger partial charge < -0.3 is 15.4 Å². The molecule has 1 atom stereocenters. The second-order valence-corrected chi connectivity index (χ2v) is 4.49. The van der Waals surface area contributed by atoms with Crippen molar-refractivity contribution in [3.05, 3.63) is 0 Å². The van der Waals surface area contributed by atoms with E-state index in [-0.39, 0.29) is 18.9 Å². The molecule has 0 rings (SSSR count). The third-order valence-corrected chi connectivity index (χ3v) is 3.15. The first-order chi connectivity index (χ1) is 8.99. The Morgan fingerprint density at radius 2 is 1.95 bits per heavy atom. The predicted molar refractivity (Wildman–Crippen MR) is 74.1 cm³/mol. The maximum atomic E-state index is 12.1. The van der Waals surface area contributed by atoms with Crippen molar-refractivity contribution in [2.45, 2.75) is 39.2 Å². The maximum Gasteiger partial charge on any atom is 0.325 e. The molecule has 0 aliphatic carbocycles. The van der Waals surface area contributed by atoms with Gasteiger partial charge in [-0.2, -0.15) is 0 Å². The molecule has 19 heavy (non-hydrogen) atoms. The van der Waals surface area contributed by atoms with Gasteiger partial charge in [-0.25, -0.2) is 0 Å². The first-order valence-corrected chi connectivity index (χ1v) is 6.54. The van der Waals surface area contributed by atoms with E-state index in [4.69, 9.17) is 12.2 Å². The van der Waals surface area contributed by atoms with E-state index < -0.39 is 12.0 Å². The average molecular weight is 268 g/mol. The van der Waals surface area contributed by atoms with Crippen LogP contribution in [0.1, 0.15) is 33.1 Å². The molecular formula is C14H24N2O3. The molecule has 0 bridgehead atoms. The minimum Gasteiger partial charge on any atom is -0.468 e. The molecule has 2 N–H and O–H groups in total. The Bertz CT molecular complexity index is 332. The summed E-state index contributed by atoms with van der Waals surface area (Å²) in [6.45, 7) is 4.52. The van der Waals surface area contributed by atoms with Crippen LogP contribution in [0.25, 0.3) is 0 Å². The zero-order valence-electron chi connectivity index (χ0n) is 12.0. The molecule has 5 heteroatoms. The van der Waals surface area contributed by atoms with E-state index in [1.165, 1.54) is 12.0 Å². The molecule has 1 unspecified atom stereocenters. The first kappa shape index (κ1) is 17.5. The summed E-state index contributed by atoms with van der Waals surface area (Å²) < 4.78 is 4.61. The Kier molecular flexibility index (Phi) is 8.64. The highest BCUT2D eigenvalue weighted by Gasteiger charge is 2.24. The van der Waals surface area contributed by atoms with E-state index in [1.54, 1.807) is 0 Å². The Balaban J connectivity index is 4.79. The molecule has 0 aromatic rings. The van der Waals surface area contributed by atoms with Crippen LogP contribution in [0.5, 0.6) is 0 Å². The van der Waals surface area contributed by atoms with Gasteiger partial charge in [0, 0.05) is 13.0 Å². The normalized spacial score (nSPS) is 11.8. The van der Waals surface area contributed by atoms with Crippen LogP contribution < -0.4 is 5.73 Å². The summed E-state index contributed by atoms with van der Waals surface area (Å²) in [7, 11) is 1.30. The maximum absolute atomic E-state index is 12.1. The number of nitrogens with zero attached hydrogens (tertiary/aromatic N) is 1. The largest absolute Gasteiger partial charge is 0.468 e. The number of carbonyl (C=O) groups is 2. The number of rotatable bonds is 8.